The molecule has 1 saturated heterocycles. The SMILES string of the molecule is CC(C)=CCC(N)(CC=C(C)C)c1nnc(-c2ncn3c2[C@@H]2CCN2C(=O)c2sccc2-3)o1. The van der Waals surface area contributed by atoms with Gasteiger partial charge in [0.1, 0.15) is 16.7 Å². The lowest BCUT2D eigenvalue weighted by Gasteiger charge is -2.39. The zero-order valence-corrected chi connectivity index (χ0v) is 20.1. The summed E-state index contributed by atoms with van der Waals surface area (Å²) in [7, 11) is 0. The Morgan fingerprint density at radius 1 is 1.24 bits per heavy atom. The molecule has 0 saturated carbocycles. The van der Waals surface area contributed by atoms with Crippen molar-refractivity contribution in [2.24, 2.45) is 5.73 Å². The van der Waals surface area contributed by atoms with E-state index in [0.717, 1.165) is 29.2 Å². The molecule has 0 aromatic carbocycles. The van der Waals surface area contributed by atoms with E-state index < -0.39 is 5.54 Å². The molecule has 2 aliphatic heterocycles. The zero-order valence-electron chi connectivity index (χ0n) is 19.3. The molecule has 2 aliphatic rings. The van der Waals surface area contributed by atoms with Gasteiger partial charge in [0, 0.05) is 6.54 Å². The molecule has 33 heavy (non-hydrogen) atoms. The van der Waals surface area contributed by atoms with Gasteiger partial charge in [0.15, 0.2) is 5.69 Å². The predicted molar refractivity (Wildman–Crippen MR) is 127 cm³/mol. The lowest BCUT2D eigenvalue weighted by Crippen LogP contribution is -2.44. The molecule has 9 heteroatoms. The van der Waals surface area contributed by atoms with E-state index in [2.05, 4.69) is 27.3 Å². The van der Waals surface area contributed by atoms with Gasteiger partial charge in [-0.25, -0.2) is 4.98 Å². The molecule has 1 amide bonds. The van der Waals surface area contributed by atoms with Gasteiger partial charge in [-0.3, -0.25) is 9.36 Å². The molecule has 5 heterocycles. The fourth-order valence-electron chi connectivity index (χ4n) is 4.28. The summed E-state index contributed by atoms with van der Waals surface area (Å²) in [5, 5.41) is 10.6. The number of hydrogen-bond acceptors (Lipinski definition) is 7. The van der Waals surface area contributed by atoms with Gasteiger partial charge >= 0.3 is 0 Å². The van der Waals surface area contributed by atoms with Crippen LogP contribution in [0.15, 0.2) is 45.5 Å². The molecule has 2 N–H and O–H groups in total. The highest BCUT2D eigenvalue weighted by Crippen LogP contribution is 2.44. The summed E-state index contributed by atoms with van der Waals surface area (Å²) in [6.07, 6.45) is 8.00. The third-order valence-electron chi connectivity index (χ3n) is 6.30. The van der Waals surface area contributed by atoms with Crippen molar-refractivity contribution in [2.45, 2.75) is 58.5 Å². The molecule has 0 radical (unpaired) electrons. The first kappa shape index (κ1) is 21.8. The molecule has 1 atom stereocenters. The van der Waals surface area contributed by atoms with Crippen molar-refractivity contribution in [1.82, 2.24) is 24.6 Å². The Morgan fingerprint density at radius 2 is 1.97 bits per heavy atom. The van der Waals surface area contributed by atoms with Crippen LogP contribution >= 0.6 is 11.3 Å². The number of imidazole rings is 1. The van der Waals surface area contributed by atoms with E-state index in [1.165, 1.54) is 22.5 Å². The second kappa shape index (κ2) is 8.07. The number of rotatable bonds is 6. The number of aromatic nitrogens is 4. The van der Waals surface area contributed by atoms with Crippen LogP contribution in [-0.4, -0.2) is 37.1 Å². The average molecular weight is 465 g/mol. The van der Waals surface area contributed by atoms with Crippen molar-refractivity contribution in [1.29, 1.82) is 0 Å². The first-order valence-corrected chi connectivity index (χ1v) is 12.0. The number of hydrogen-bond donors (Lipinski definition) is 1. The van der Waals surface area contributed by atoms with Gasteiger partial charge in [-0.1, -0.05) is 23.3 Å². The second-order valence-electron chi connectivity index (χ2n) is 9.33. The lowest BCUT2D eigenvalue weighted by atomic mass is 9.90. The summed E-state index contributed by atoms with van der Waals surface area (Å²) in [5.41, 5.74) is 10.7. The monoisotopic (exact) mass is 464 g/mol. The first-order valence-electron chi connectivity index (χ1n) is 11.1. The Balaban J connectivity index is 1.56. The highest BCUT2D eigenvalue weighted by atomic mass is 32.1. The third-order valence-corrected chi connectivity index (χ3v) is 7.19. The van der Waals surface area contributed by atoms with Gasteiger partial charge in [0.2, 0.25) is 5.89 Å². The topological polar surface area (TPSA) is 103 Å². The van der Waals surface area contributed by atoms with Crippen molar-refractivity contribution >= 4 is 17.2 Å². The average Bonchev–Trinajstić information content (AvgIpc) is 3.47. The highest BCUT2D eigenvalue weighted by molar-refractivity contribution is 7.12. The van der Waals surface area contributed by atoms with Crippen molar-refractivity contribution in [3.8, 4) is 17.3 Å². The second-order valence-corrected chi connectivity index (χ2v) is 10.2. The summed E-state index contributed by atoms with van der Waals surface area (Å²) in [5.74, 6) is 0.795. The van der Waals surface area contributed by atoms with Crippen LogP contribution < -0.4 is 5.73 Å². The summed E-state index contributed by atoms with van der Waals surface area (Å²) >= 11 is 1.46. The van der Waals surface area contributed by atoms with E-state index in [9.17, 15) is 4.79 Å². The minimum atomic E-state index is -0.810. The van der Waals surface area contributed by atoms with Crippen LogP contribution in [0.1, 0.15) is 74.3 Å². The van der Waals surface area contributed by atoms with Gasteiger partial charge in [-0.15, -0.1) is 21.5 Å². The molecule has 0 aliphatic carbocycles. The molecule has 5 rings (SSSR count). The number of nitrogens with zero attached hydrogens (tertiary/aromatic N) is 5. The largest absolute Gasteiger partial charge is 0.417 e. The highest BCUT2D eigenvalue weighted by Gasteiger charge is 2.43. The lowest BCUT2D eigenvalue weighted by molar-refractivity contribution is 0.0466. The van der Waals surface area contributed by atoms with Crippen LogP contribution in [0.3, 0.4) is 0 Å². The number of thiophene rings is 1. The number of carbonyl (C=O) groups is 1. The fourth-order valence-corrected chi connectivity index (χ4v) is 5.12. The Bertz CT molecular complexity index is 1250. The Labute approximate surface area is 196 Å². The molecule has 3 aromatic heterocycles. The molecule has 0 bridgehead atoms. The van der Waals surface area contributed by atoms with Gasteiger partial charge < -0.3 is 15.1 Å². The number of allylic oxidation sites excluding steroid dienone is 2. The normalized spacial score (nSPS) is 16.9. The van der Waals surface area contributed by atoms with Gasteiger partial charge in [-0.05, 0) is 58.4 Å². The summed E-state index contributed by atoms with van der Waals surface area (Å²) in [4.78, 5) is 20.3. The Hall–Kier alpha value is -3.04. The smallest absolute Gasteiger partial charge is 0.268 e. The zero-order chi connectivity index (χ0) is 23.3. The first-order chi connectivity index (χ1) is 15.8. The van der Waals surface area contributed by atoms with Crippen LogP contribution in [0.2, 0.25) is 0 Å². The molecule has 1 fully saturated rings. The number of amides is 1. The number of fused-ring (bicyclic) bond motifs is 5. The number of carbonyl (C=O) groups excluding carboxylic acids is 1. The van der Waals surface area contributed by atoms with E-state index in [1.807, 2.05) is 48.6 Å². The van der Waals surface area contributed by atoms with Crippen LogP contribution in [0, 0.1) is 0 Å². The standard InChI is InChI=1S/C24H28N6O2S/c1-14(2)5-9-24(25,10-6-15(3)4)23-28-27-21(32-23)18-19-16-7-11-29(16)22(31)20-17(8-12-33-20)30(19)13-26-18/h5-6,8,12-13,16H,7,9-11,25H2,1-4H3/t16-/m0/s1. The van der Waals surface area contributed by atoms with Crippen molar-refractivity contribution in [3.63, 3.8) is 0 Å². The Morgan fingerprint density at radius 3 is 2.61 bits per heavy atom. The van der Waals surface area contributed by atoms with Crippen LogP contribution in [0.4, 0.5) is 0 Å². The van der Waals surface area contributed by atoms with Crippen molar-refractivity contribution < 1.29 is 9.21 Å². The van der Waals surface area contributed by atoms with Gasteiger partial charge in [0.05, 0.1) is 17.4 Å². The molecule has 3 aromatic rings. The molecular formula is C24H28N6O2S. The molecule has 0 unspecified atom stereocenters. The maximum absolute atomic E-state index is 13.0. The predicted octanol–water partition coefficient (Wildman–Crippen LogP) is 4.75. The maximum atomic E-state index is 13.0. The maximum Gasteiger partial charge on any atom is 0.268 e. The molecule has 172 valence electrons. The Kier molecular flexibility index (Phi) is 5.33. The van der Waals surface area contributed by atoms with E-state index in [-0.39, 0.29) is 11.9 Å². The summed E-state index contributed by atoms with van der Waals surface area (Å²) in [6.45, 7) is 8.92. The van der Waals surface area contributed by atoms with E-state index in [4.69, 9.17) is 10.2 Å². The third kappa shape index (κ3) is 3.65. The molecule has 8 nitrogen and oxygen atoms in total. The van der Waals surface area contributed by atoms with E-state index >= 15 is 0 Å². The van der Waals surface area contributed by atoms with Crippen molar-refractivity contribution in [3.05, 3.63) is 57.5 Å². The van der Waals surface area contributed by atoms with Gasteiger partial charge in [-0.2, -0.15) is 0 Å². The van der Waals surface area contributed by atoms with E-state index in [1.54, 1.807) is 6.33 Å². The minimum absolute atomic E-state index is 0.0519. The molecule has 0 spiro atoms. The van der Waals surface area contributed by atoms with Crippen molar-refractivity contribution in [2.75, 3.05) is 6.54 Å². The summed E-state index contributed by atoms with van der Waals surface area (Å²) in [6, 6.07) is 1.91. The van der Waals surface area contributed by atoms with Crippen LogP contribution in [-0.2, 0) is 5.54 Å². The molecular weight excluding hydrogens is 436 g/mol. The van der Waals surface area contributed by atoms with Crippen LogP contribution in [0.25, 0.3) is 17.3 Å². The van der Waals surface area contributed by atoms with E-state index in [0.29, 0.717) is 30.3 Å². The fraction of sp³-hybridized carbons (Fsp3) is 0.417. The van der Waals surface area contributed by atoms with Gasteiger partial charge in [0.25, 0.3) is 11.8 Å². The summed E-state index contributed by atoms with van der Waals surface area (Å²) < 4.78 is 8.18. The number of nitrogens with two attached hydrogens (primary N) is 1. The van der Waals surface area contributed by atoms with Crippen LogP contribution in [0.5, 0.6) is 0 Å². The quantitative estimate of drug-likeness (QED) is 0.528. The minimum Gasteiger partial charge on any atom is -0.417 e.